The van der Waals surface area contributed by atoms with Crippen molar-refractivity contribution < 1.29 is 9.72 Å². The minimum atomic E-state index is -0.499. The molecule has 2 aromatic heterocycles. The van der Waals surface area contributed by atoms with Crippen LogP contribution in [0.1, 0.15) is 11.4 Å². The molecule has 0 fully saturated rings. The zero-order valence-corrected chi connectivity index (χ0v) is 16.2. The molecule has 0 spiro atoms. The maximum absolute atomic E-state index is 12.2. The van der Waals surface area contributed by atoms with Crippen LogP contribution in [-0.2, 0) is 4.79 Å². The molecule has 9 nitrogen and oxygen atoms in total. The number of nitro benzene ring substituents is 1. The summed E-state index contributed by atoms with van der Waals surface area (Å²) in [5, 5.41) is 22.1. The Balaban J connectivity index is 1.69. The third kappa shape index (κ3) is 3.83. The van der Waals surface area contributed by atoms with Crippen LogP contribution in [0.4, 0.5) is 11.4 Å². The molecule has 0 bridgehead atoms. The lowest BCUT2D eigenvalue weighted by atomic mass is 10.3. The van der Waals surface area contributed by atoms with Crippen molar-refractivity contribution in [2.24, 2.45) is 0 Å². The molecule has 3 rings (SSSR count). The predicted octanol–water partition coefficient (Wildman–Crippen LogP) is 3.14. The molecule has 0 saturated heterocycles. The van der Waals surface area contributed by atoms with Crippen molar-refractivity contribution >= 4 is 50.8 Å². The number of hydrogen-bond donors (Lipinski definition) is 1. The average molecular weight is 437 g/mol. The van der Waals surface area contributed by atoms with Crippen molar-refractivity contribution in [1.82, 2.24) is 19.6 Å². The Morgan fingerprint density at radius 1 is 1.35 bits per heavy atom. The van der Waals surface area contributed by atoms with Crippen LogP contribution < -0.4 is 5.32 Å². The van der Waals surface area contributed by atoms with Crippen molar-refractivity contribution in [3.8, 4) is 0 Å². The van der Waals surface area contributed by atoms with E-state index < -0.39 is 4.92 Å². The summed E-state index contributed by atoms with van der Waals surface area (Å²) in [5.74, 6) is 0.333. The molecule has 11 heteroatoms. The molecule has 26 heavy (non-hydrogen) atoms. The molecule has 0 atom stereocenters. The number of hydrogen-bond acceptors (Lipinski definition) is 7. The number of aryl methyl sites for hydroxylation is 2. The third-order valence-electron chi connectivity index (χ3n) is 3.43. The van der Waals surface area contributed by atoms with Gasteiger partial charge in [-0.2, -0.15) is 0 Å². The molecule has 1 amide bonds. The molecular weight excluding hydrogens is 424 g/mol. The molecule has 0 unspecified atom stereocenters. The van der Waals surface area contributed by atoms with Crippen LogP contribution in [0.2, 0.25) is 0 Å². The summed E-state index contributed by atoms with van der Waals surface area (Å²) in [4.78, 5) is 26.7. The van der Waals surface area contributed by atoms with Crippen molar-refractivity contribution in [1.29, 1.82) is 0 Å². The molecule has 1 aromatic carbocycles. The molecule has 0 aliphatic heterocycles. The fourth-order valence-electron chi connectivity index (χ4n) is 2.33. The summed E-state index contributed by atoms with van der Waals surface area (Å²) < 4.78 is 2.22. The number of rotatable bonds is 5. The van der Waals surface area contributed by atoms with E-state index in [2.05, 4.69) is 36.4 Å². The normalized spacial score (nSPS) is 10.9. The summed E-state index contributed by atoms with van der Waals surface area (Å²) in [6.07, 6.45) is 0. The number of nitro groups is 1. The van der Waals surface area contributed by atoms with Gasteiger partial charge in [-0.3, -0.25) is 19.3 Å². The van der Waals surface area contributed by atoms with Gasteiger partial charge in [-0.1, -0.05) is 11.8 Å². The van der Waals surface area contributed by atoms with Gasteiger partial charge in [0.1, 0.15) is 0 Å². The minimum Gasteiger partial charge on any atom is -0.324 e. The van der Waals surface area contributed by atoms with Crippen LogP contribution in [0.3, 0.4) is 0 Å². The number of aromatic nitrogens is 4. The fraction of sp³-hybridized carbons (Fsp3) is 0.200. The molecule has 0 radical (unpaired) electrons. The number of fused-ring (bicyclic) bond motifs is 1. The van der Waals surface area contributed by atoms with E-state index in [-0.39, 0.29) is 17.3 Å². The second kappa shape index (κ2) is 7.38. The SMILES string of the molecule is Cc1cc(C)n2c(SCC(=O)Nc3ccc([N+](=O)[O-])cc3Br)nnc2n1. The number of non-ortho nitro benzene ring substituents is 1. The number of anilines is 1. The molecule has 134 valence electrons. The Hall–Kier alpha value is -2.53. The highest BCUT2D eigenvalue weighted by Gasteiger charge is 2.14. The largest absolute Gasteiger partial charge is 0.324 e. The Morgan fingerprint density at radius 3 is 2.81 bits per heavy atom. The number of nitrogens with zero attached hydrogens (tertiary/aromatic N) is 5. The Morgan fingerprint density at radius 2 is 2.12 bits per heavy atom. The van der Waals surface area contributed by atoms with Gasteiger partial charge in [0.2, 0.25) is 5.91 Å². The van der Waals surface area contributed by atoms with E-state index in [0.717, 1.165) is 11.4 Å². The fourth-order valence-corrected chi connectivity index (χ4v) is 3.58. The summed E-state index contributed by atoms with van der Waals surface area (Å²) in [6.45, 7) is 3.80. The van der Waals surface area contributed by atoms with Crippen LogP contribution in [0.25, 0.3) is 5.78 Å². The standard InChI is InChI=1S/C15H13BrN6O3S/c1-8-5-9(2)21-14(17-8)19-20-15(21)26-7-13(23)18-12-4-3-10(22(24)25)6-11(12)16/h3-6H,7H2,1-2H3,(H,18,23). The van der Waals surface area contributed by atoms with Gasteiger partial charge in [-0.15, -0.1) is 10.2 Å². The van der Waals surface area contributed by atoms with Gasteiger partial charge < -0.3 is 5.32 Å². The first-order valence-electron chi connectivity index (χ1n) is 7.41. The van der Waals surface area contributed by atoms with Crippen molar-refractivity contribution in [2.45, 2.75) is 19.0 Å². The van der Waals surface area contributed by atoms with E-state index in [1.165, 1.54) is 30.0 Å². The van der Waals surface area contributed by atoms with Crippen LogP contribution in [0.15, 0.2) is 33.9 Å². The monoisotopic (exact) mass is 436 g/mol. The smallest absolute Gasteiger partial charge is 0.270 e. The highest BCUT2D eigenvalue weighted by atomic mass is 79.9. The van der Waals surface area contributed by atoms with Gasteiger partial charge in [0, 0.05) is 28.0 Å². The number of thioether (sulfide) groups is 1. The molecule has 1 N–H and O–H groups in total. The van der Waals surface area contributed by atoms with Crippen LogP contribution in [0, 0.1) is 24.0 Å². The Kier molecular flexibility index (Phi) is 5.18. The first-order chi connectivity index (χ1) is 12.3. The van der Waals surface area contributed by atoms with E-state index in [0.29, 0.717) is 21.1 Å². The maximum atomic E-state index is 12.2. The van der Waals surface area contributed by atoms with Crippen LogP contribution in [0.5, 0.6) is 0 Å². The lowest BCUT2D eigenvalue weighted by Gasteiger charge is -2.07. The van der Waals surface area contributed by atoms with Crippen LogP contribution >= 0.6 is 27.7 Å². The van der Waals surface area contributed by atoms with E-state index in [4.69, 9.17) is 0 Å². The number of carbonyl (C=O) groups is 1. The summed E-state index contributed by atoms with van der Waals surface area (Å²) in [7, 11) is 0. The molecule has 0 aliphatic rings. The average Bonchev–Trinajstić information content (AvgIpc) is 2.97. The Labute approximate surface area is 160 Å². The topological polar surface area (TPSA) is 115 Å². The minimum absolute atomic E-state index is 0.0579. The lowest BCUT2D eigenvalue weighted by Crippen LogP contribution is -2.14. The number of nitrogens with one attached hydrogen (secondary N) is 1. The first-order valence-corrected chi connectivity index (χ1v) is 9.19. The Bertz CT molecular complexity index is 1020. The number of amides is 1. The zero-order valence-electron chi connectivity index (χ0n) is 13.8. The summed E-state index contributed by atoms with van der Waals surface area (Å²) >= 11 is 4.45. The van der Waals surface area contributed by atoms with Gasteiger partial charge >= 0.3 is 0 Å². The van der Waals surface area contributed by atoms with E-state index in [9.17, 15) is 14.9 Å². The van der Waals surface area contributed by atoms with Gasteiger partial charge in [0.15, 0.2) is 5.16 Å². The highest BCUT2D eigenvalue weighted by molar-refractivity contribution is 9.10. The quantitative estimate of drug-likeness (QED) is 0.370. The summed E-state index contributed by atoms with van der Waals surface area (Å²) in [5.41, 5.74) is 2.18. The molecular formula is C15H13BrN6O3S. The van der Waals surface area contributed by atoms with Crippen molar-refractivity contribution in [3.63, 3.8) is 0 Å². The van der Waals surface area contributed by atoms with Gasteiger partial charge in [-0.05, 0) is 41.9 Å². The second-order valence-corrected chi connectivity index (χ2v) is 7.21. The van der Waals surface area contributed by atoms with Crippen molar-refractivity contribution in [2.75, 3.05) is 11.1 Å². The highest BCUT2D eigenvalue weighted by Crippen LogP contribution is 2.27. The van der Waals surface area contributed by atoms with E-state index in [1.54, 1.807) is 4.40 Å². The molecule has 3 aromatic rings. The first kappa shape index (κ1) is 18.3. The molecule has 0 saturated carbocycles. The lowest BCUT2D eigenvalue weighted by molar-refractivity contribution is -0.384. The van der Waals surface area contributed by atoms with E-state index >= 15 is 0 Å². The molecule has 2 heterocycles. The number of halogens is 1. The maximum Gasteiger partial charge on any atom is 0.270 e. The number of carbonyl (C=O) groups excluding carboxylic acids is 1. The second-order valence-electron chi connectivity index (χ2n) is 5.41. The summed E-state index contributed by atoms with van der Waals surface area (Å²) in [6, 6.07) is 6.06. The number of benzene rings is 1. The van der Waals surface area contributed by atoms with Crippen molar-refractivity contribution in [3.05, 3.63) is 50.2 Å². The molecule has 0 aliphatic carbocycles. The van der Waals surface area contributed by atoms with Gasteiger partial charge in [-0.25, -0.2) is 4.98 Å². The van der Waals surface area contributed by atoms with E-state index in [1.807, 2.05) is 19.9 Å². The zero-order chi connectivity index (χ0) is 18.8. The third-order valence-corrected chi connectivity index (χ3v) is 5.02. The van der Waals surface area contributed by atoms with Gasteiger partial charge in [0.25, 0.3) is 11.5 Å². The van der Waals surface area contributed by atoms with Gasteiger partial charge in [0.05, 0.1) is 16.4 Å². The predicted molar refractivity (Wildman–Crippen MR) is 100 cm³/mol. The van der Waals surface area contributed by atoms with Crippen LogP contribution in [-0.4, -0.2) is 36.2 Å².